The second kappa shape index (κ2) is 7.37. The summed E-state index contributed by atoms with van der Waals surface area (Å²) in [4.78, 5) is 23.6. The Kier molecular flexibility index (Phi) is 4.96. The molecule has 2 heterocycles. The number of fused-ring (bicyclic) bond motifs is 2. The van der Waals surface area contributed by atoms with E-state index in [1.54, 1.807) is 17.7 Å². The van der Waals surface area contributed by atoms with Crippen LogP contribution in [0.1, 0.15) is 40.5 Å². The van der Waals surface area contributed by atoms with Gasteiger partial charge in [0.15, 0.2) is 0 Å². The molecule has 0 bridgehead atoms. The lowest BCUT2D eigenvalue weighted by molar-refractivity contribution is -0.119. The van der Waals surface area contributed by atoms with Gasteiger partial charge < -0.3 is 5.32 Å². The Morgan fingerprint density at radius 3 is 3.04 bits per heavy atom. The normalized spacial score (nSPS) is 16.5. The lowest BCUT2D eigenvalue weighted by atomic mass is 9.88. The van der Waals surface area contributed by atoms with Gasteiger partial charge in [-0.2, -0.15) is 0 Å². The van der Waals surface area contributed by atoms with Gasteiger partial charge in [-0.1, -0.05) is 36.0 Å². The minimum absolute atomic E-state index is 0.0630. The van der Waals surface area contributed by atoms with Crippen LogP contribution in [0.5, 0.6) is 0 Å². The molecule has 134 valence electrons. The van der Waals surface area contributed by atoms with Crippen molar-refractivity contribution in [2.24, 2.45) is 0 Å². The van der Waals surface area contributed by atoms with Crippen molar-refractivity contribution in [3.8, 4) is 0 Å². The molecule has 0 saturated carbocycles. The van der Waals surface area contributed by atoms with Gasteiger partial charge in [0.1, 0.15) is 16.2 Å². The number of nitrogens with one attached hydrogen (secondary N) is 1. The maximum absolute atomic E-state index is 12.5. The van der Waals surface area contributed by atoms with Gasteiger partial charge in [-0.25, -0.2) is 9.97 Å². The lowest BCUT2D eigenvalue weighted by Gasteiger charge is -2.26. The third-order valence-electron chi connectivity index (χ3n) is 4.98. The molecule has 0 saturated heterocycles. The van der Waals surface area contributed by atoms with Gasteiger partial charge in [0.2, 0.25) is 5.91 Å². The van der Waals surface area contributed by atoms with Crippen LogP contribution in [0.15, 0.2) is 35.6 Å². The molecule has 0 radical (unpaired) electrons. The molecule has 26 heavy (non-hydrogen) atoms. The minimum Gasteiger partial charge on any atom is -0.349 e. The number of hydrogen-bond donors (Lipinski definition) is 1. The van der Waals surface area contributed by atoms with Crippen molar-refractivity contribution in [1.82, 2.24) is 15.3 Å². The van der Waals surface area contributed by atoms with E-state index in [1.165, 1.54) is 33.3 Å². The molecule has 1 amide bonds. The van der Waals surface area contributed by atoms with Crippen molar-refractivity contribution < 1.29 is 4.79 Å². The fourth-order valence-corrected chi connectivity index (χ4v) is 5.46. The average molecular weight is 384 g/mol. The highest BCUT2D eigenvalue weighted by molar-refractivity contribution is 8.00. The zero-order valence-electron chi connectivity index (χ0n) is 14.9. The van der Waals surface area contributed by atoms with Crippen LogP contribution in [0.4, 0.5) is 0 Å². The Morgan fingerprint density at radius 1 is 1.31 bits per heavy atom. The first-order chi connectivity index (χ1) is 12.6. The lowest BCUT2D eigenvalue weighted by Crippen LogP contribution is -2.32. The highest BCUT2D eigenvalue weighted by Crippen LogP contribution is 2.34. The number of hydrogen-bond acceptors (Lipinski definition) is 5. The van der Waals surface area contributed by atoms with Crippen molar-refractivity contribution in [3.63, 3.8) is 0 Å². The van der Waals surface area contributed by atoms with Crippen LogP contribution in [0.2, 0.25) is 0 Å². The fraction of sp³-hybridized carbons (Fsp3) is 0.350. The standard InChI is InChI=1S/C20H21N3OS2/c1-12-13(2)26-20-18(12)19(21-11-22-20)25-10-17(24)23-16-9-5-7-14-6-3-4-8-15(14)16/h3-4,6,8,11,16H,5,7,9-10H2,1-2H3,(H,23,24)/t16-/m1/s1. The van der Waals surface area contributed by atoms with Crippen LogP contribution in [0.3, 0.4) is 0 Å². The van der Waals surface area contributed by atoms with Crippen LogP contribution in [-0.2, 0) is 11.2 Å². The molecule has 2 aromatic heterocycles. The van der Waals surface area contributed by atoms with E-state index in [2.05, 4.69) is 53.4 Å². The first-order valence-corrected chi connectivity index (χ1v) is 10.6. The summed E-state index contributed by atoms with van der Waals surface area (Å²) in [6.45, 7) is 4.20. The first kappa shape index (κ1) is 17.5. The summed E-state index contributed by atoms with van der Waals surface area (Å²) in [5.74, 6) is 0.437. The molecule has 0 unspecified atom stereocenters. The van der Waals surface area contributed by atoms with Crippen molar-refractivity contribution in [2.75, 3.05) is 5.75 Å². The summed E-state index contributed by atoms with van der Waals surface area (Å²) < 4.78 is 0. The predicted molar refractivity (Wildman–Crippen MR) is 108 cm³/mol. The maximum Gasteiger partial charge on any atom is 0.230 e. The molecule has 0 spiro atoms. The number of aromatic nitrogens is 2. The van der Waals surface area contributed by atoms with Gasteiger partial charge in [0.05, 0.1) is 11.8 Å². The third-order valence-corrected chi connectivity index (χ3v) is 7.08. The Bertz CT molecular complexity index is 967. The first-order valence-electron chi connectivity index (χ1n) is 8.84. The van der Waals surface area contributed by atoms with Crippen molar-refractivity contribution in [3.05, 3.63) is 52.2 Å². The van der Waals surface area contributed by atoms with Crippen LogP contribution >= 0.6 is 23.1 Å². The SMILES string of the molecule is Cc1sc2ncnc(SCC(=O)N[C@@H]3CCCc4ccccc43)c2c1C. The largest absolute Gasteiger partial charge is 0.349 e. The smallest absolute Gasteiger partial charge is 0.230 e. The molecule has 6 heteroatoms. The zero-order valence-corrected chi connectivity index (χ0v) is 16.5. The van der Waals surface area contributed by atoms with E-state index < -0.39 is 0 Å². The van der Waals surface area contributed by atoms with Crippen LogP contribution in [0, 0.1) is 13.8 Å². The van der Waals surface area contributed by atoms with E-state index in [-0.39, 0.29) is 11.9 Å². The van der Waals surface area contributed by atoms with Gasteiger partial charge in [0.25, 0.3) is 0 Å². The number of amides is 1. The van der Waals surface area contributed by atoms with Gasteiger partial charge in [-0.15, -0.1) is 11.3 Å². The molecule has 0 aliphatic heterocycles. The Hall–Kier alpha value is -1.92. The monoisotopic (exact) mass is 383 g/mol. The summed E-state index contributed by atoms with van der Waals surface area (Å²) in [5.41, 5.74) is 3.85. The summed E-state index contributed by atoms with van der Waals surface area (Å²) in [6.07, 6.45) is 4.82. The van der Waals surface area contributed by atoms with Gasteiger partial charge >= 0.3 is 0 Å². The Morgan fingerprint density at radius 2 is 2.15 bits per heavy atom. The van der Waals surface area contributed by atoms with Crippen LogP contribution in [-0.4, -0.2) is 21.6 Å². The van der Waals surface area contributed by atoms with Gasteiger partial charge in [0, 0.05) is 10.3 Å². The number of nitrogens with zero attached hydrogens (tertiary/aromatic N) is 2. The van der Waals surface area contributed by atoms with Crippen molar-refractivity contribution >= 4 is 39.2 Å². The summed E-state index contributed by atoms with van der Waals surface area (Å²) in [7, 11) is 0. The average Bonchev–Trinajstić information content (AvgIpc) is 2.95. The Balaban J connectivity index is 1.46. The predicted octanol–water partition coefficient (Wildman–Crippen LogP) is 4.59. The molecule has 1 aliphatic rings. The second-order valence-corrected chi connectivity index (χ2v) is 8.81. The fourth-order valence-electron chi connectivity index (χ4n) is 3.53. The second-order valence-electron chi connectivity index (χ2n) is 6.64. The van der Waals surface area contributed by atoms with Gasteiger partial charge in [-0.05, 0) is 49.8 Å². The van der Waals surface area contributed by atoms with Crippen molar-refractivity contribution in [1.29, 1.82) is 0 Å². The highest BCUT2D eigenvalue weighted by atomic mass is 32.2. The topological polar surface area (TPSA) is 54.9 Å². The van der Waals surface area contributed by atoms with E-state index in [0.29, 0.717) is 5.75 Å². The van der Waals surface area contributed by atoms with Crippen LogP contribution in [0.25, 0.3) is 10.2 Å². The number of thioether (sulfide) groups is 1. The quantitative estimate of drug-likeness (QED) is 0.529. The number of carbonyl (C=O) groups is 1. The maximum atomic E-state index is 12.5. The minimum atomic E-state index is 0.0630. The van der Waals surface area contributed by atoms with E-state index in [1.807, 2.05) is 0 Å². The van der Waals surface area contributed by atoms with E-state index in [4.69, 9.17) is 0 Å². The summed E-state index contributed by atoms with van der Waals surface area (Å²) in [5, 5.41) is 5.21. The van der Waals surface area contributed by atoms with Crippen molar-refractivity contribution in [2.45, 2.75) is 44.2 Å². The van der Waals surface area contributed by atoms with Gasteiger partial charge in [-0.3, -0.25) is 4.79 Å². The summed E-state index contributed by atoms with van der Waals surface area (Å²) in [6, 6.07) is 8.56. The van der Waals surface area contributed by atoms with Crippen LogP contribution < -0.4 is 5.32 Å². The molecule has 1 atom stereocenters. The van der Waals surface area contributed by atoms with E-state index >= 15 is 0 Å². The molecule has 3 aromatic rings. The molecular formula is C20H21N3OS2. The number of benzene rings is 1. The Labute approximate surface area is 161 Å². The molecule has 1 N–H and O–H groups in total. The molecular weight excluding hydrogens is 362 g/mol. The number of aryl methyl sites for hydroxylation is 3. The number of thiophene rings is 1. The molecule has 0 fully saturated rings. The molecule has 1 aliphatic carbocycles. The third kappa shape index (κ3) is 3.35. The van der Waals surface area contributed by atoms with E-state index in [0.717, 1.165) is 34.5 Å². The zero-order chi connectivity index (χ0) is 18.1. The number of rotatable bonds is 4. The molecule has 4 nitrogen and oxygen atoms in total. The number of carbonyl (C=O) groups excluding carboxylic acids is 1. The molecule has 4 rings (SSSR count). The summed E-state index contributed by atoms with van der Waals surface area (Å²) >= 11 is 3.18. The molecule has 1 aromatic carbocycles. The van der Waals surface area contributed by atoms with E-state index in [9.17, 15) is 4.79 Å². The highest BCUT2D eigenvalue weighted by Gasteiger charge is 2.21.